The van der Waals surface area contributed by atoms with Gasteiger partial charge in [0.05, 0.1) is 11.5 Å². The fourth-order valence-corrected chi connectivity index (χ4v) is 3.05. The Morgan fingerprint density at radius 2 is 1.74 bits per heavy atom. The van der Waals surface area contributed by atoms with Gasteiger partial charge in [-0.25, -0.2) is 0 Å². The number of hydrogen-bond donors (Lipinski definition) is 0. The summed E-state index contributed by atoms with van der Waals surface area (Å²) in [6.45, 7) is 2.47. The maximum Gasteiger partial charge on any atom is 0.285 e. The molecule has 0 bridgehead atoms. The number of sulfonamides is 1. The summed E-state index contributed by atoms with van der Waals surface area (Å²) in [6, 6.07) is 15.4. The first-order chi connectivity index (χ1) is 11.0. The van der Waals surface area contributed by atoms with Crippen molar-refractivity contribution >= 4 is 31.9 Å². The first-order valence-electron chi connectivity index (χ1n) is 7.31. The second kappa shape index (κ2) is 8.26. The Balaban J connectivity index is 2.36. The van der Waals surface area contributed by atoms with Crippen molar-refractivity contribution in [3.05, 3.63) is 64.6 Å². The van der Waals surface area contributed by atoms with Crippen LogP contribution in [0.2, 0.25) is 0 Å². The molecule has 0 radical (unpaired) electrons. The van der Waals surface area contributed by atoms with Crippen molar-refractivity contribution in [2.45, 2.75) is 24.7 Å². The van der Waals surface area contributed by atoms with Crippen LogP contribution < -0.4 is 0 Å². The lowest BCUT2D eigenvalue weighted by Crippen LogP contribution is -2.11. The smallest absolute Gasteiger partial charge is 0.285 e. The van der Waals surface area contributed by atoms with Gasteiger partial charge in [0.2, 0.25) is 5.90 Å². The van der Waals surface area contributed by atoms with Gasteiger partial charge in [-0.1, -0.05) is 47.5 Å². The van der Waals surface area contributed by atoms with E-state index in [2.05, 4.69) is 20.3 Å². The molecule has 122 valence electrons. The fraction of sp³-hybridized carbons (Fsp3) is 0.235. The highest BCUT2D eigenvalue weighted by atomic mass is 79.9. The second-order valence-electron chi connectivity index (χ2n) is 4.89. The van der Waals surface area contributed by atoms with Crippen molar-refractivity contribution < 1.29 is 13.2 Å². The van der Waals surface area contributed by atoms with Gasteiger partial charge in [-0.2, -0.15) is 8.42 Å². The fourth-order valence-electron chi connectivity index (χ4n) is 1.82. The topological polar surface area (TPSA) is 55.7 Å². The van der Waals surface area contributed by atoms with E-state index in [1.807, 2.05) is 25.1 Å². The van der Waals surface area contributed by atoms with Crippen LogP contribution in [0.1, 0.15) is 25.3 Å². The third-order valence-corrected chi connectivity index (χ3v) is 4.87. The Labute approximate surface area is 145 Å². The summed E-state index contributed by atoms with van der Waals surface area (Å²) < 4.78 is 35.3. The van der Waals surface area contributed by atoms with Crippen molar-refractivity contribution in [3.8, 4) is 0 Å². The first kappa shape index (κ1) is 17.7. The monoisotopic (exact) mass is 395 g/mol. The minimum Gasteiger partial charge on any atom is -0.477 e. The van der Waals surface area contributed by atoms with Crippen LogP contribution in [0.4, 0.5) is 0 Å². The van der Waals surface area contributed by atoms with E-state index in [1.54, 1.807) is 24.3 Å². The van der Waals surface area contributed by atoms with Crippen molar-refractivity contribution in [1.29, 1.82) is 0 Å². The van der Waals surface area contributed by atoms with Crippen LogP contribution in [0, 0.1) is 0 Å². The van der Waals surface area contributed by atoms with Gasteiger partial charge in [0.1, 0.15) is 0 Å². The molecule has 0 aliphatic carbocycles. The highest BCUT2D eigenvalue weighted by molar-refractivity contribution is 9.10. The number of benzene rings is 2. The average molecular weight is 396 g/mol. The molecule has 2 aromatic carbocycles. The average Bonchev–Trinajstić information content (AvgIpc) is 2.55. The molecule has 2 aromatic rings. The van der Waals surface area contributed by atoms with E-state index >= 15 is 0 Å². The molecular formula is C17H18BrNO3S. The Bertz CT molecular complexity index is 756. The lowest BCUT2D eigenvalue weighted by Gasteiger charge is -2.09. The molecule has 4 nitrogen and oxygen atoms in total. The molecule has 0 atom stereocenters. The normalized spacial score (nSPS) is 12.2. The van der Waals surface area contributed by atoms with Crippen molar-refractivity contribution in [1.82, 2.24) is 0 Å². The molecule has 6 heteroatoms. The van der Waals surface area contributed by atoms with E-state index < -0.39 is 10.0 Å². The maximum absolute atomic E-state index is 12.5. The van der Waals surface area contributed by atoms with E-state index in [1.165, 1.54) is 12.1 Å². The summed E-state index contributed by atoms with van der Waals surface area (Å²) in [7, 11) is -3.82. The predicted molar refractivity (Wildman–Crippen MR) is 95.2 cm³/mol. The summed E-state index contributed by atoms with van der Waals surface area (Å²) in [5, 5.41) is 0. The number of ether oxygens (including phenoxy) is 1. The van der Waals surface area contributed by atoms with Crippen LogP contribution >= 0.6 is 15.9 Å². The third-order valence-electron chi connectivity index (χ3n) is 3.07. The van der Waals surface area contributed by atoms with Gasteiger partial charge in [-0.05, 0) is 42.8 Å². The van der Waals surface area contributed by atoms with Gasteiger partial charge in [-0.15, -0.1) is 4.40 Å². The molecule has 0 aliphatic heterocycles. The van der Waals surface area contributed by atoms with Gasteiger partial charge in [0.25, 0.3) is 10.0 Å². The zero-order valence-electron chi connectivity index (χ0n) is 12.8. The minimum absolute atomic E-state index is 0.127. The molecule has 0 aromatic heterocycles. The van der Waals surface area contributed by atoms with Crippen LogP contribution in [0.25, 0.3) is 0 Å². The largest absolute Gasteiger partial charge is 0.477 e. The van der Waals surface area contributed by atoms with Crippen LogP contribution in [0.3, 0.4) is 0 Å². The Kier molecular flexibility index (Phi) is 6.36. The summed E-state index contributed by atoms with van der Waals surface area (Å²) >= 11 is 3.29. The number of nitrogens with zero attached hydrogens (tertiary/aromatic N) is 1. The quantitative estimate of drug-likeness (QED) is 0.413. The zero-order valence-corrected chi connectivity index (χ0v) is 15.2. The standard InChI is InChI=1S/C17H18BrNO3S/c1-2-3-13-22-17(14-7-5-4-6-8-14)19-23(20,21)16-11-9-15(18)10-12-16/h4-12H,2-3,13H2,1H3/b19-17+. The van der Waals surface area contributed by atoms with Crippen LogP contribution in [-0.4, -0.2) is 20.9 Å². The van der Waals surface area contributed by atoms with Gasteiger partial charge < -0.3 is 4.74 Å². The van der Waals surface area contributed by atoms with Crippen molar-refractivity contribution in [2.75, 3.05) is 6.61 Å². The van der Waals surface area contributed by atoms with E-state index in [-0.39, 0.29) is 10.8 Å². The molecule has 0 aliphatic rings. The number of rotatable bonds is 6. The molecule has 0 heterocycles. The number of unbranched alkanes of at least 4 members (excludes halogenated alkanes) is 1. The predicted octanol–water partition coefficient (Wildman–Crippen LogP) is 4.40. The van der Waals surface area contributed by atoms with Crippen LogP contribution in [0.15, 0.2) is 68.4 Å². The van der Waals surface area contributed by atoms with Crippen molar-refractivity contribution in [2.24, 2.45) is 4.40 Å². The molecule has 0 saturated carbocycles. The minimum atomic E-state index is -3.82. The Morgan fingerprint density at radius 1 is 1.09 bits per heavy atom. The highest BCUT2D eigenvalue weighted by Crippen LogP contribution is 2.18. The van der Waals surface area contributed by atoms with Crippen LogP contribution in [0.5, 0.6) is 0 Å². The number of halogens is 1. The molecule has 0 N–H and O–H groups in total. The number of hydrogen-bond acceptors (Lipinski definition) is 3. The SMILES string of the molecule is CCCCO/C(=N/S(=O)(=O)c1ccc(Br)cc1)c1ccccc1. The highest BCUT2D eigenvalue weighted by Gasteiger charge is 2.16. The molecule has 0 spiro atoms. The van der Waals surface area contributed by atoms with E-state index in [0.717, 1.165) is 17.3 Å². The van der Waals surface area contributed by atoms with Gasteiger partial charge in [0, 0.05) is 10.0 Å². The Morgan fingerprint density at radius 3 is 2.35 bits per heavy atom. The molecule has 23 heavy (non-hydrogen) atoms. The van der Waals surface area contributed by atoms with Crippen LogP contribution in [-0.2, 0) is 14.8 Å². The van der Waals surface area contributed by atoms with Gasteiger partial charge >= 0.3 is 0 Å². The summed E-state index contributed by atoms with van der Waals surface area (Å²) in [5.74, 6) is 0.127. The zero-order chi connectivity index (χ0) is 16.7. The summed E-state index contributed by atoms with van der Waals surface area (Å²) in [4.78, 5) is 0.133. The maximum atomic E-state index is 12.5. The molecule has 0 unspecified atom stereocenters. The molecular weight excluding hydrogens is 378 g/mol. The van der Waals surface area contributed by atoms with Gasteiger partial charge in [-0.3, -0.25) is 0 Å². The van der Waals surface area contributed by atoms with E-state index in [4.69, 9.17) is 4.74 Å². The summed E-state index contributed by atoms with van der Waals surface area (Å²) in [6.07, 6.45) is 1.80. The van der Waals surface area contributed by atoms with Crippen molar-refractivity contribution in [3.63, 3.8) is 0 Å². The lowest BCUT2D eigenvalue weighted by atomic mass is 10.2. The third kappa shape index (κ3) is 5.18. The Hall–Kier alpha value is -1.66. The first-order valence-corrected chi connectivity index (χ1v) is 9.55. The van der Waals surface area contributed by atoms with E-state index in [9.17, 15) is 8.42 Å². The molecule has 0 amide bonds. The molecule has 2 rings (SSSR count). The summed E-state index contributed by atoms with van der Waals surface area (Å²) in [5.41, 5.74) is 0.643. The second-order valence-corrected chi connectivity index (χ2v) is 7.41. The molecule has 0 saturated heterocycles. The van der Waals surface area contributed by atoms with E-state index in [0.29, 0.717) is 12.2 Å². The molecule has 0 fully saturated rings. The van der Waals surface area contributed by atoms with Gasteiger partial charge in [0.15, 0.2) is 0 Å². The lowest BCUT2D eigenvalue weighted by molar-refractivity contribution is 0.298.